The van der Waals surface area contributed by atoms with Gasteiger partial charge in [-0.3, -0.25) is 9.59 Å². The maximum absolute atomic E-state index is 12.8. The summed E-state index contributed by atoms with van der Waals surface area (Å²) in [6.07, 6.45) is 2.64. The highest BCUT2D eigenvalue weighted by atomic mass is 16.6. The van der Waals surface area contributed by atoms with Crippen LogP contribution >= 0.6 is 0 Å². The number of allylic oxidation sites excluding steroid dienone is 4. The van der Waals surface area contributed by atoms with E-state index in [1.807, 2.05) is 13.0 Å². The van der Waals surface area contributed by atoms with Gasteiger partial charge in [0.15, 0.2) is 12.1 Å². The van der Waals surface area contributed by atoms with Crippen LogP contribution < -0.4 is 5.32 Å². The molecule has 0 aromatic heterocycles. The monoisotopic (exact) mass is 637 g/mol. The van der Waals surface area contributed by atoms with E-state index < -0.39 is 54.8 Å². The number of urea groups is 1. The number of ketones is 1. The lowest BCUT2D eigenvalue weighted by Gasteiger charge is -2.60. The van der Waals surface area contributed by atoms with E-state index in [2.05, 4.69) is 31.4 Å². The van der Waals surface area contributed by atoms with Crippen LogP contribution in [0.3, 0.4) is 0 Å². The van der Waals surface area contributed by atoms with Gasteiger partial charge in [-0.15, -0.1) is 4.91 Å². The molecule has 5 aliphatic rings. The van der Waals surface area contributed by atoms with Gasteiger partial charge in [0.25, 0.3) is 0 Å². The highest BCUT2D eigenvalue weighted by molar-refractivity contribution is 6.01. The molecule has 6 N–H and O–H groups in total. The van der Waals surface area contributed by atoms with Gasteiger partial charge in [-0.2, -0.15) is 5.01 Å². The maximum Gasteiger partial charge on any atom is 0.340 e. The van der Waals surface area contributed by atoms with Crippen molar-refractivity contribution in [3.05, 3.63) is 28.7 Å². The molecular formula is C31H47N3O11. The van der Waals surface area contributed by atoms with Gasteiger partial charge in [-0.05, 0) is 67.9 Å². The van der Waals surface area contributed by atoms with Crippen LogP contribution in [0, 0.1) is 44.8 Å². The summed E-state index contributed by atoms with van der Waals surface area (Å²) >= 11 is 0. The number of hydrogen-bond donors (Lipinski definition) is 6. The van der Waals surface area contributed by atoms with Crippen molar-refractivity contribution in [1.29, 1.82) is 0 Å². The number of ether oxygens (including phenoxy) is 2. The molecule has 0 unspecified atom stereocenters. The van der Waals surface area contributed by atoms with Crippen LogP contribution in [0.25, 0.3) is 0 Å². The first-order valence-corrected chi connectivity index (χ1v) is 15.4. The molecule has 2 amide bonds. The standard InChI is InChI=1S/C23H32O4.C8H15N3O7/c1-13-10-17-16-7-6-14-11-15(24)8-9-21(14,2)19(16)18(25)12-22(17,3)23(13,4)20(26)27-5;1-11(10-17)8(16)9-4-6(14)5(13)3(2-12)18-7(4)15/h8-9,11,13,16-19,25H,6-7,10,12H2,1-5H3;3-7,12-15H,2H2,1H3,(H,9,16)/t13-,16+,17+,18+,19-,21+,22+,23-;3-,4-,5-,6-,7+/m11/s1. The number of methoxy groups -OCH3 is 1. The Morgan fingerprint density at radius 3 is 2.44 bits per heavy atom. The van der Waals surface area contributed by atoms with Crippen molar-refractivity contribution in [2.45, 2.75) is 90.1 Å². The zero-order valence-corrected chi connectivity index (χ0v) is 26.6. The summed E-state index contributed by atoms with van der Waals surface area (Å²) in [6, 6.07) is -2.33. The van der Waals surface area contributed by atoms with Crippen molar-refractivity contribution in [3.63, 3.8) is 0 Å². The molecular weight excluding hydrogens is 590 g/mol. The fraction of sp³-hybridized carbons (Fsp3) is 0.774. The van der Waals surface area contributed by atoms with Crippen LogP contribution in [0.5, 0.6) is 0 Å². The average Bonchev–Trinajstić information content (AvgIpc) is 3.21. The lowest BCUT2D eigenvalue weighted by Crippen LogP contribution is -2.64. The number of aliphatic hydroxyl groups excluding tert-OH is 5. The van der Waals surface area contributed by atoms with Gasteiger partial charge in [0.05, 0.1) is 30.5 Å². The van der Waals surface area contributed by atoms with Gasteiger partial charge >= 0.3 is 12.0 Å². The second-order valence-corrected chi connectivity index (χ2v) is 13.9. The third-order valence-corrected chi connectivity index (χ3v) is 11.9. The summed E-state index contributed by atoms with van der Waals surface area (Å²) in [5.41, 5.74) is 0.0608. The van der Waals surface area contributed by atoms with E-state index in [1.165, 1.54) is 12.7 Å². The van der Waals surface area contributed by atoms with Crippen molar-refractivity contribution in [1.82, 2.24) is 10.3 Å². The summed E-state index contributed by atoms with van der Waals surface area (Å²) in [7, 11) is 2.54. The number of rotatable bonds is 4. The highest BCUT2D eigenvalue weighted by Crippen LogP contribution is 2.71. The number of amides is 2. The molecule has 0 radical (unpaired) electrons. The summed E-state index contributed by atoms with van der Waals surface area (Å²) in [5, 5.41) is 53.7. The second-order valence-electron chi connectivity index (χ2n) is 13.9. The van der Waals surface area contributed by atoms with E-state index in [9.17, 15) is 39.7 Å². The first-order chi connectivity index (χ1) is 21.0. The molecule has 4 aliphatic carbocycles. The first-order valence-electron chi connectivity index (χ1n) is 15.4. The van der Waals surface area contributed by atoms with Crippen LogP contribution in [0.2, 0.25) is 0 Å². The van der Waals surface area contributed by atoms with Gasteiger partial charge in [0, 0.05) is 18.4 Å². The van der Waals surface area contributed by atoms with Crippen LogP contribution in [-0.4, -0.2) is 106 Å². The van der Waals surface area contributed by atoms with Crippen molar-refractivity contribution < 1.29 is 49.4 Å². The predicted octanol–water partition coefficient (Wildman–Crippen LogP) is 0.800. The number of nitroso groups, excluding NO2 is 1. The normalized spacial score (nSPS) is 45.0. The topological polar surface area (TPSA) is 216 Å². The Bertz CT molecular complexity index is 1240. The Kier molecular flexibility index (Phi) is 9.99. The van der Waals surface area contributed by atoms with Gasteiger partial charge in [-0.25, -0.2) is 4.79 Å². The smallest absolute Gasteiger partial charge is 0.340 e. The SMILES string of the molecule is CN(N=O)C(=O)N[C@@H]1[C@@H](O)[C@H](O)[C@@H](CO)O[C@@H]1O.COC(=O)[C@@]1(C)[C@H](C)C[C@H]2[C@@H]3CCC4=CC(=O)C=C[C@]4(C)[C@H]3[C@@H](O)C[C@@]21C. The Morgan fingerprint density at radius 1 is 1.18 bits per heavy atom. The molecule has 252 valence electrons. The number of nitrogens with zero attached hydrogens (tertiary/aromatic N) is 2. The second kappa shape index (κ2) is 12.8. The van der Waals surface area contributed by atoms with E-state index in [-0.39, 0.29) is 34.4 Å². The van der Waals surface area contributed by atoms with Crippen molar-refractivity contribution >= 4 is 17.8 Å². The number of carbonyl (C=O) groups excluding carboxylic acids is 3. The van der Waals surface area contributed by atoms with Crippen LogP contribution in [0.1, 0.15) is 53.4 Å². The molecule has 14 heteroatoms. The minimum atomic E-state index is -1.63. The molecule has 0 aromatic carbocycles. The lowest BCUT2D eigenvalue weighted by atomic mass is 9.45. The Morgan fingerprint density at radius 2 is 1.84 bits per heavy atom. The molecule has 1 aliphatic heterocycles. The zero-order valence-electron chi connectivity index (χ0n) is 26.6. The quantitative estimate of drug-likeness (QED) is 0.144. The third-order valence-electron chi connectivity index (χ3n) is 11.9. The highest BCUT2D eigenvalue weighted by Gasteiger charge is 2.69. The average molecular weight is 638 g/mol. The van der Waals surface area contributed by atoms with Gasteiger partial charge < -0.3 is 40.3 Å². The molecule has 45 heavy (non-hydrogen) atoms. The van der Waals surface area contributed by atoms with Crippen molar-refractivity contribution in [3.8, 4) is 0 Å². The molecule has 4 fully saturated rings. The fourth-order valence-electron chi connectivity index (χ4n) is 9.06. The lowest BCUT2D eigenvalue weighted by molar-refractivity contribution is -0.252. The van der Waals surface area contributed by atoms with Gasteiger partial charge in [0.2, 0.25) is 0 Å². The van der Waals surface area contributed by atoms with Crippen LogP contribution in [-0.2, 0) is 19.1 Å². The molecule has 14 nitrogen and oxygen atoms in total. The third kappa shape index (κ3) is 5.63. The number of fused-ring (bicyclic) bond motifs is 5. The van der Waals surface area contributed by atoms with Crippen molar-refractivity contribution in [2.24, 2.45) is 45.2 Å². The summed E-state index contributed by atoms with van der Waals surface area (Å²) in [4.78, 5) is 46.1. The molecule has 0 aromatic rings. The van der Waals surface area contributed by atoms with Gasteiger partial charge in [0.1, 0.15) is 24.4 Å². The Balaban J connectivity index is 0.000000224. The molecule has 13 atom stereocenters. The summed E-state index contributed by atoms with van der Waals surface area (Å²) in [6.45, 7) is 7.99. The maximum atomic E-state index is 12.8. The summed E-state index contributed by atoms with van der Waals surface area (Å²) in [5.74, 6) is 0.980. The minimum absolute atomic E-state index is 0.0591. The minimum Gasteiger partial charge on any atom is -0.469 e. The van der Waals surface area contributed by atoms with E-state index >= 15 is 0 Å². The molecule has 0 spiro atoms. The largest absolute Gasteiger partial charge is 0.469 e. The first kappa shape index (κ1) is 35.1. The Hall–Kier alpha value is -2.75. The number of carbonyl (C=O) groups is 3. The van der Waals surface area contributed by atoms with Crippen molar-refractivity contribution in [2.75, 3.05) is 20.8 Å². The number of nitrogens with one attached hydrogen (secondary N) is 1. The van der Waals surface area contributed by atoms with Gasteiger partial charge in [-0.1, -0.05) is 32.4 Å². The number of hydrogen-bond acceptors (Lipinski definition) is 12. The predicted molar refractivity (Wildman–Crippen MR) is 159 cm³/mol. The van der Waals surface area contributed by atoms with E-state index in [0.29, 0.717) is 23.3 Å². The van der Waals surface area contributed by atoms with E-state index in [0.717, 1.165) is 26.3 Å². The molecule has 5 rings (SSSR count). The molecule has 1 saturated heterocycles. The van der Waals surface area contributed by atoms with E-state index in [1.54, 1.807) is 12.2 Å². The zero-order chi connectivity index (χ0) is 33.6. The van der Waals surface area contributed by atoms with E-state index in [4.69, 9.17) is 14.6 Å². The molecule has 0 bridgehead atoms. The van der Waals surface area contributed by atoms with Crippen LogP contribution in [0.4, 0.5) is 4.79 Å². The Labute approximate surface area is 262 Å². The van der Waals surface area contributed by atoms with Crippen LogP contribution in [0.15, 0.2) is 29.1 Å². The fourth-order valence-corrected chi connectivity index (χ4v) is 9.06. The number of esters is 1. The molecule has 1 heterocycles. The number of aliphatic hydroxyl groups is 5. The molecule has 3 saturated carbocycles. The summed E-state index contributed by atoms with van der Waals surface area (Å²) < 4.78 is 10.0.